The van der Waals surface area contributed by atoms with E-state index in [2.05, 4.69) is 23.1 Å². The summed E-state index contributed by atoms with van der Waals surface area (Å²) >= 11 is 10.4. The van der Waals surface area contributed by atoms with Crippen LogP contribution >= 0.6 is 23.8 Å². The first kappa shape index (κ1) is 13.5. The lowest BCUT2D eigenvalue weighted by Crippen LogP contribution is -2.46. The van der Waals surface area contributed by atoms with Crippen LogP contribution in [0, 0.1) is 6.92 Å². The number of benzene rings is 1. The molecule has 0 saturated carbocycles. The summed E-state index contributed by atoms with van der Waals surface area (Å²) in [5.74, 6) is 0.183. The minimum atomic E-state index is -0.384. The fourth-order valence-electron chi connectivity index (χ4n) is 1.02. The highest BCUT2D eigenvalue weighted by molar-refractivity contribution is 7.80. The van der Waals surface area contributed by atoms with Gasteiger partial charge < -0.3 is 10.5 Å². The van der Waals surface area contributed by atoms with Crippen LogP contribution in [-0.4, -0.2) is 17.6 Å². The van der Waals surface area contributed by atoms with Crippen LogP contribution in [0.2, 0.25) is 5.02 Å². The van der Waals surface area contributed by atoms with Crippen molar-refractivity contribution in [2.45, 2.75) is 6.92 Å². The molecule has 17 heavy (non-hydrogen) atoms. The Bertz CT molecular complexity index is 440. The molecule has 0 radical (unpaired) electrons. The Kier molecular flexibility index (Phi) is 4.99. The molecule has 1 aromatic rings. The summed E-state index contributed by atoms with van der Waals surface area (Å²) in [7, 11) is 0. The number of rotatable bonds is 3. The summed E-state index contributed by atoms with van der Waals surface area (Å²) < 4.78 is 5.24. The minimum absolute atomic E-state index is 0.0133. The van der Waals surface area contributed by atoms with Crippen LogP contribution in [0.1, 0.15) is 5.56 Å². The molecule has 1 rings (SSSR count). The number of hydrazine groups is 1. The van der Waals surface area contributed by atoms with Gasteiger partial charge in [0.2, 0.25) is 0 Å². The Hall–Kier alpha value is -1.53. The number of aryl methyl sites for hydroxylation is 1. The van der Waals surface area contributed by atoms with Crippen LogP contribution in [-0.2, 0) is 4.79 Å². The van der Waals surface area contributed by atoms with Crippen molar-refractivity contribution in [3.63, 3.8) is 0 Å². The molecule has 7 heteroatoms. The van der Waals surface area contributed by atoms with E-state index in [0.717, 1.165) is 5.56 Å². The summed E-state index contributed by atoms with van der Waals surface area (Å²) in [6.45, 7) is 1.71. The Labute approximate surface area is 109 Å². The Morgan fingerprint density at radius 3 is 2.82 bits per heavy atom. The zero-order chi connectivity index (χ0) is 12.8. The highest BCUT2D eigenvalue weighted by Gasteiger charge is 2.03. The molecule has 0 aromatic heterocycles. The normalized spacial score (nSPS) is 9.53. The van der Waals surface area contributed by atoms with Gasteiger partial charge in [-0.2, -0.15) is 0 Å². The third-order valence-corrected chi connectivity index (χ3v) is 2.35. The largest absolute Gasteiger partial charge is 0.484 e. The molecular formula is C10H12ClN3O2S. The number of ether oxygens (including phenoxy) is 1. The SMILES string of the molecule is Cc1cc(OCC(=O)NNC(N)=S)ccc1Cl. The van der Waals surface area contributed by atoms with Crippen LogP contribution < -0.4 is 21.3 Å². The zero-order valence-corrected chi connectivity index (χ0v) is 10.7. The number of nitrogens with one attached hydrogen (secondary N) is 2. The van der Waals surface area contributed by atoms with Crippen molar-refractivity contribution >= 4 is 34.8 Å². The van der Waals surface area contributed by atoms with E-state index in [1.807, 2.05) is 6.92 Å². The number of hydrogen-bond donors (Lipinski definition) is 3. The molecule has 1 amide bonds. The first-order valence-corrected chi connectivity index (χ1v) is 5.51. The second-order valence-electron chi connectivity index (χ2n) is 3.24. The molecule has 0 bridgehead atoms. The van der Waals surface area contributed by atoms with E-state index in [1.54, 1.807) is 18.2 Å². The Morgan fingerprint density at radius 2 is 2.24 bits per heavy atom. The molecule has 0 fully saturated rings. The summed E-state index contributed by atoms with van der Waals surface area (Å²) in [6, 6.07) is 5.14. The molecule has 4 N–H and O–H groups in total. The third kappa shape index (κ3) is 4.88. The van der Waals surface area contributed by atoms with Crippen LogP contribution in [0.5, 0.6) is 5.75 Å². The van der Waals surface area contributed by atoms with E-state index >= 15 is 0 Å². The van der Waals surface area contributed by atoms with Gasteiger partial charge in [0.25, 0.3) is 5.91 Å². The smallest absolute Gasteiger partial charge is 0.276 e. The molecule has 0 unspecified atom stereocenters. The summed E-state index contributed by atoms with van der Waals surface area (Å²) in [4.78, 5) is 11.2. The quantitative estimate of drug-likeness (QED) is 0.563. The average Bonchev–Trinajstić information content (AvgIpc) is 2.28. The van der Waals surface area contributed by atoms with Gasteiger partial charge in [0.15, 0.2) is 11.7 Å². The third-order valence-electron chi connectivity index (χ3n) is 1.82. The van der Waals surface area contributed by atoms with E-state index < -0.39 is 0 Å². The average molecular weight is 274 g/mol. The highest BCUT2D eigenvalue weighted by Crippen LogP contribution is 2.20. The van der Waals surface area contributed by atoms with E-state index in [1.165, 1.54) is 0 Å². The number of thiocarbonyl (C=S) groups is 1. The van der Waals surface area contributed by atoms with E-state index in [0.29, 0.717) is 10.8 Å². The van der Waals surface area contributed by atoms with Crippen molar-refractivity contribution < 1.29 is 9.53 Å². The van der Waals surface area contributed by atoms with Gasteiger partial charge in [-0.15, -0.1) is 0 Å². The summed E-state index contributed by atoms with van der Waals surface area (Å²) in [5.41, 5.74) is 10.6. The highest BCUT2D eigenvalue weighted by atomic mass is 35.5. The van der Waals surface area contributed by atoms with E-state index in [9.17, 15) is 4.79 Å². The molecule has 0 atom stereocenters. The van der Waals surface area contributed by atoms with E-state index in [4.69, 9.17) is 22.1 Å². The first-order chi connectivity index (χ1) is 7.99. The topological polar surface area (TPSA) is 76.4 Å². The van der Waals surface area contributed by atoms with Crippen LogP contribution in [0.15, 0.2) is 18.2 Å². The maximum Gasteiger partial charge on any atom is 0.276 e. The lowest BCUT2D eigenvalue weighted by Gasteiger charge is -2.09. The van der Waals surface area contributed by atoms with E-state index in [-0.39, 0.29) is 17.6 Å². The number of hydrogen-bond acceptors (Lipinski definition) is 3. The van der Waals surface area contributed by atoms with Crippen LogP contribution in [0.3, 0.4) is 0 Å². The Morgan fingerprint density at radius 1 is 1.53 bits per heavy atom. The van der Waals surface area contributed by atoms with Gasteiger partial charge in [-0.05, 0) is 42.9 Å². The van der Waals surface area contributed by atoms with Gasteiger partial charge in [-0.3, -0.25) is 15.6 Å². The summed E-state index contributed by atoms with van der Waals surface area (Å²) in [6.07, 6.45) is 0. The summed E-state index contributed by atoms with van der Waals surface area (Å²) in [5, 5.41) is 0.637. The molecule has 0 heterocycles. The van der Waals surface area contributed by atoms with Gasteiger partial charge in [0, 0.05) is 5.02 Å². The fraction of sp³-hybridized carbons (Fsp3) is 0.200. The van der Waals surface area contributed by atoms with Gasteiger partial charge in [-0.25, -0.2) is 0 Å². The Balaban J connectivity index is 2.42. The predicted molar refractivity (Wildman–Crippen MR) is 69.7 cm³/mol. The molecule has 92 valence electrons. The first-order valence-electron chi connectivity index (χ1n) is 4.72. The molecule has 5 nitrogen and oxygen atoms in total. The van der Waals surface area contributed by atoms with Crippen molar-refractivity contribution in [1.29, 1.82) is 0 Å². The van der Waals surface area contributed by atoms with Crippen LogP contribution in [0.25, 0.3) is 0 Å². The predicted octanol–water partition coefficient (Wildman–Crippen LogP) is 0.892. The molecule has 0 aliphatic heterocycles. The van der Waals surface area contributed by atoms with Crippen molar-refractivity contribution in [2.75, 3.05) is 6.61 Å². The zero-order valence-electron chi connectivity index (χ0n) is 9.12. The molecular weight excluding hydrogens is 262 g/mol. The lowest BCUT2D eigenvalue weighted by molar-refractivity contribution is -0.123. The molecule has 0 spiro atoms. The number of halogens is 1. The van der Waals surface area contributed by atoms with Gasteiger partial charge in [0.05, 0.1) is 0 Å². The van der Waals surface area contributed by atoms with Gasteiger partial charge in [0.1, 0.15) is 5.75 Å². The standard InChI is InChI=1S/C10H12ClN3O2S/c1-6-4-7(2-3-8(6)11)16-5-9(15)13-14-10(12)17/h2-4H,5H2,1H3,(H,13,15)(H3,12,14,17). The number of amides is 1. The second-order valence-corrected chi connectivity index (χ2v) is 4.08. The fourth-order valence-corrected chi connectivity index (χ4v) is 1.19. The second kappa shape index (κ2) is 6.27. The number of carbonyl (C=O) groups is 1. The van der Waals surface area contributed by atoms with Gasteiger partial charge >= 0.3 is 0 Å². The van der Waals surface area contributed by atoms with Crippen molar-refractivity contribution in [3.8, 4) is 5.75 Å². The maximum atomic E-state index is 11.2. The molecule has 1 aromatic carbocycles. The van der Waals surface area contributed by atoms with Gasteiger partial charge in [-0.1, -0.05) is 11.6 Å². The molecule has 0 aliphatic rings. The number of carbonyl (C=O) groups excluding carboxylic acids is 1. The van der Waals surface area contributed by atoms with Crippen molar-refractivity contribution in [2.24, 2.45) is 5.73 Å². The minimum Gasteiger partial charge on any atom is -0.484 e. The molecule has 0 aliphatic carbocycles. The van der Waals surface area contributed by atoms with Crippen molar-refractivity contribution in [3.05, 3.63) is 28.8 Å². The maximum absolute atomic E-state index is 11.2. The monoisotopic (exact) mass is 273 g/mol. The molecule has 0 saturated heterocycles. The lowest BCUT2D eigenvalue weighted by atomic mass is 10.2. The van der Waals surface area contributed by atoms with Crippen molar-refractivity contribution in [1.82, 2.24) is 10.9 Å². The van der Waals surface area contributed by atoms with Crippen LogP contribution in [0.4, 0.5) is 0 Å². The number of nitrogens with two attached hydrogens (primary N) is 1.